The maximum Gasteiger partial charge on any atom is 0.289 e. The molecular weight excluding hydrogens is 370 g/mol. The van der Waals surface area contributed by atoms with Gasteiger partial charge in [0.05, 0.1) is 5.69 Å². The number of carbonyl (C=O) groups excluding carboxylic acids is 2. The summed E-state index contributed by atoms with van der Waals surface area (Å²) in [5.74, 6) is 0.466. The molecule has 0 aliphatic carbocycles. The number of aromatic nitrogens is 3. The summed E-state index contributed by atoms with van der Waals surface area (Å²) < 4.78 is 5.71. The molecule has 0 radical (unpaired) electrons. The number of aromatic amines is 1. The maximum atomic E-state index is 12.7. The highest BCUT2D eigenvalue weighted by Crippen LogP contribution is 2.29. The lowest BCUT2D eigenvalue weighted by molar-refractivity contribution is -0.120. The number of nitrogens with one attached hydrogen (secondary N) is 2. The van der Waals surface area contributed by atoms with Gasteiger partial charge in [0.15, 0.2) is 0 Å². The minimum atomic E-state index is -0.828. The predicted octanol–water partition coefficient (Wildman–Crippen LogP) is 1.86. The minimum absolute atomic E-state index is 0.0380. The summed E-state index contributed by atoms with van der Waals surface area (Å²) in [6.07, 6.45) is 0.532. The number of ether oxygens (including phenoxy) is 1. The van der Waals surface area contributed by atoms with Crippen LogP contribution in [0.2, 0.25) is 0 Å². The highest BCUT2D eigenvalue weighted by Gasteiger charge is 2.31. The Morgan fingerprint density at radius 2 is 1.97 bits per heavy atom. The number of benzene rings is 2. The number of anilines is 1. The van der Waals surface area contributed by atoms with E-state index in [-0.39, 0.29) is 18.3 Å². The van der Waals surface area contributed by atoms with Gasteiger partial charge in [-0.15, -0.1) is 10.2 Å². The molecule has 0 saturated carbocycles. The smallest absolute Gasteiger partial charge is 0.289 e. The fourth-order valence-corrected chi connectivity index (χ4v) is 3.16. The average Bonchev–Trinajstić information content (AvgIpc) is 3.16. The number of para-hydroxylation sites is 2. The van der Waals surface area contributed by atoms with E-state index in [2.05, 4.69) is 20.5 Å². The molecule has 29 heavy (non-hydrogen) atoms. The van der Waals surface area contributed by atoms with Gasteiger partial charge in [-0.3, -0.25) is 9.59 Å². The van der Waals surface area contributed by atoms with Crippen molar-refractivity contribution >= 4 is 17.5 Å². The maximum absolute atomic E-state index is 12.7. The number of hydrogen-bond donors (Lipinski definition) is 2. The molecule has 2 amide bonds. The predicted molar refractivity (Wildman–Crippen MR) is 107 cm³/mol. The number of rotatable bonds is 4. The Morgan fingerprint density at radius 1 is 1.21 bits per heavy atom. The highest BCUT2D eigenvalue weighted by molar-refractivity contribution is 6.02. The van der Waals surface area contributed by atoms with Crippen molar-refractivity contribution in [2.24, 2.45) is 0 Å². The first-order chi connectivity index (χ1) is 14.0. The quantitative estimate of drug-likeness (QED) is 0.707. The standard InChI is InChI=1S/C21H21N5O3/c1-13-7-9-14(10-8-13)11-18-23-19(25-24-18)20(27)22-15-12-29-17-6-4-3-5-16(17)26(2)21(15)28/h3-10,15H,11-12H2,1-2H3,(H,22,27)(H,23,24,25). The van der Waals surface area contributed by atoms with Gasteiger partial charge in [-0.1, -0.05) is 42.0 Å². The number of hydrogen-bond acceptors (Lipinski definition) is 5. The molecule has 1 aliphatic heterocycles. The van der Waals surface area contributed by atoms with Crippen LogP contribution in [-0.4, -0.2) is 46.7 Å². The largest absolute Gasteiger partial charge is 0.489 e. The molecule has 0 bridgehead atoms. The van der Waals surface area contributed by atoms with Gasteiger partial charge < -0.3 is 19.9 Å². The SMILES string of the molecule is Cc1ccc(Cc2nnc(C(=O)NC3COc4ccccc4N(C)C3=O)[nH]2)cc1. The van der Waals surface area contributed by atoms with Crippen molar-refractivity contribution in [1.29, 1.82) is 0 Å². The highest BCUT2D eigenvalue weighted by atomic mass is 16.5. The zero-order chi connectivity index (χ0) is 20.4. The van der Waals surface area contributed by atoms with E-state index in [1.165, 1.54) is 10.5 Å². The van der Waals surface area contributed by atoms with Crippen molar-refractivity contribution in [3.63, 3.8) is 0 Å². The normalized spacial score (nSPS) is 16.0. The molecular formula is C21H21N5O3. The zero-order valence-corrected chi connectivity index (χ0v) is 16.2. The Balaban J connectivity index is 1.44. The van der Waals surface area contributed by atoms with Gasteiger partial charge >= 0.3 is 0 Å². The zero-order valence-electron chi connectivity index (χ0n) is 16.2. The second-order valence-corrected chi connectivity index (χ2v) is 6.98. The fraction of sp³-hybridized carbons (Fsp3) is 0.238. The van der Waals surface area contributed by atoms with Crippen LogP contribution in [0.1, 0.15) is 27.6 Å². The van der Waals surface area contributed by atoms with Crippen LogP contribution in [0.15, 0.2) is 48.5 Å². The van der Waals surface area contributed by atoms with Gasteiger partial charge in [0, 0.05) is 13.5 Å². The van der Waals surface area contributed by atoms with E-state index in [1.54, 1.807) is 19.2 Å². The second-order valence-electron chi connectivity index (χ2n) is 6.98. The van der Waals surface area contributed by atoms with Crippen LogP contribution in [0.4, 0.5) is 5.69 Å². The summed E-state index contributed by atoms with van der Waals surface area (Å²) in [7, 11) is 1.66. The van der Waals surface area contributed by atoms with Gasteiger partial charge in [0.1, 0.15) is 24.2 Å². The summed E-state index contributed by atoms with van der Waals surface area (Å²) in [4.78, 5) is 29.7. The molecule has 2 N–H and O–H groups in total. The van der Waals surface area contributed by atoms with Crippen LogP contribution in [-0.2, 0) is 11.2 Å². The first-order valence-corrected chi connectivity index (χ1v) is 9.28. The van der Waals surface area contributed by atoms with Crippen LogP contribution in [0.5, 0.6) is 5.75 Å². The monoisotopic (exact) mass is 391 g/mol. The Kier molecular flexibility index (Phi) is 4.99. The fourth-order valence-electron chi connectivity index (χ4n) is 3.16. The summed E-state index contributed by atoms with van der Waals surface area (Å²) >= 11 is 0. The van der Waals surface area contributed by atoms with Gasteiger partial charge in [-0.05, 0) is 24.6 Å². The van der Waals surface area contributed by atoms with Crippen LogP contribution in [0.25, 0.3) is 0 Å². The third-order valence-electron chi connectivity index (χ3n) is 4.81. The molecule has 1 atom stereocenters. The lowest BCUT2D eigenvalue weighted by Gasteiger charge is -2.19. The van der Waals surface area contributed by atoms with Crippen molar-refractivity contribution < 1.29 is 14.3 Å². The van der Waals surface area contributed by atoms with E-state index in [0.29, 0.717) is 23.7 Å². The molecule has 2 aromatic carbocycles. The Morgan fingerprint density at radius 3 is 2.76 bits per heavy atom. The molecule has 0 saturated heterocycles. The van der Waals surface area contributed by atoms with Gasteiger partial charge in [-0.2, -0.15) is 0 Å². The van der Waals surface area contributed by atoms with Crippen molar-refractivity contribution in [3.8, 4) is 5.75 Å². The summed E-state index contributed by atoms with van der Waals surface area (Å²) in [5.41, 5.74) is 2.90. The van der Waals surface area contributed by atoms with Crippen molar-refractivity contribution in [2.75, 3.05) is 18.6 Å². The number of H-pyrrole nitrogens is 1. The second kappa shape index (κ2) is 7.75. The van der Waals surface area contributed by atoms with Crippen molar-refractivity contribution in [2.45, 2.75) is 19.4 Å². The molecule has 3 aromatic rings. The molecule has 1 unspecified atom stereocenters. The molecule has 2 heterocycles. The van der Waals surface area contributed by atoms with Crippen molar-refractivity contribution in [3.05, 3.63) is 71.3 Å². The Labute approximate surface area is 167 Å². The van der Waals surface area contributed by atoms with Crippen LogP contribution < -0.4 is 15.0 Å². The van der Waals surface area contributed by atoms with Crippen molar-refractivity contribution in [1.82, 2.24) is 20.5 Å². The van der Waals surface area contributed by atoms with E-state index in [1.807, 2.05) is 43.3 Å². The topological polar surface area (TPSA) is 100 Å². The molecule has 4 rings (SSSR count). The first kappa shape index (κ1) is 18.7. The molecule has 1 aromatic heterocycles. The number of nitrogens with zero attached hydrogens (tertiary/aromatic N) is 3. The summed E-state index contributed by atoms with van der Waals surface area (Å²) in [6, 6.07) is 14.5. The Hall–Kier alpha value is -3.68. The average molecular weight is 391 g/mol. The summed E-state index contributed by atoms with van der Waals surface area (Å²) in [5, 5.41) is 10.6. The third kappa shape index (κ3) is 3.96. The van der Waals surface area contributed by atoms with E-state index < -0.39 is 11.9 Å². The molecule has 0 spiro atoms. The number of aryl methyl sites for hydroxylation is 1. The van der Waals surface area contributed by atoms with Gasteiger partial charge in [0.2, 0.25) is 5.82 Å². The van der Waals surface area contributed by atoms with Gasteiger partial charge in [-0.25, -0.2) is 0 Å². The van der Waals surface area contributed by atoms with Crippen LogP contribution >= 0.6 is 0 Å². The first-order valence-electron chi connectivity index (χ1n) is 9.28. The lowest BCUT2D eigenvalue weighted by Crippen LogP contribution is -2.49. The minimum Gasteiger partial charge on any atom is -0.489 e. The third-order valence-corrected chi connectivity index (χ3v) is 4.81. The van der Waals surface area contributed by atoms with E-state index in [4.69, 9.17) is 4.74 Å². The lowest BCUT2D eigenvalue weighted by atomic mass is 10.1. The van der Waals surface area contributed by atoms with E-state index in [0.717, 1.165) is 5.56 Å². The molecule has 1 aliphatic rings. The Bertz CT molecular complexity index is 1040. The summed E-state index contributed by atoms with van der Waals surface area (Å²) in [6.45, 7) is 2.06. The van der Waals surface area contributed by atoms with Crippen LogP contribution in [0.3, 0.4) is 0 Å². The van der Waals surface area contributed by atoms with E-state index >= 15 is 0 Å². The number of carbonyl (C=O) groups is 2. The number of likely N-dealkylation sites (N-methyl/N-ethyl adjacent to an activating group) is 1. The molecule has 148 valence electrons. The molecule has 0 fully saturated rings. The van der Waals surface area contributed by atoms with E-state index in [9.17, 15) is 9.59 Å². The van der Waals surface area contributed by atoms with Gasteiger partial charge in [0.25, 0.3) is 11.8 Å². The number of amides is 2. The van der Waals surface area contributed by atoms with Crippen LogP contribution in [0, 0.1) is 6.92 Å². The number of fused-ring (bicyclic) bond motifs is 1. The molecule has 8 heteroatoms. The molecule has 8 nitrogen and oxygen atoms in total.